The fourth-order valence-electron chi connectivity index (χ4n) is 2.09. The van der Waals surface area contributed by atoms with E-state index in [0.717, 1.165) is 24.3 Å². The lowest BCUT2D eigenvalue weighted by molar-refractivity contribution is 0.415. The van der Waals surface area contributed by atoms with Crippen molar-refractivity contribution in [3.8, 4) is 11.5 Å². The average Bonchev–Trinajstić information content (AvgIpc) is 2.47. The zero-order valence-electron chi connectivity index (χ0n) is 12.0. The molecule has 2 rings (SSSR count). The van der Waals surface area contributed by atoms with E-state index >= 15 is 0 Å². The molecule has 0 fully saturated rings. The smallest absolute Gasteiger partial charge is 0.119 e. The topological polar surface area (TPSA) is 41.5 Å². The van der Waals surface area contributed by atoms with Crippen LogP contribution in [0.3, 0.4) is 0 Å². The number of rotatable bonds is 6. The maximum Gasteiger partial charge on any atom is 0.119 e. The Bertz CT molecular complexity index is 520. The van der Waals surface area contributed by atoms with Gasteiger partial charge in [-0.25, -0.2) is 0 Å². The van der Waals surface area contributed by atoms with Gasteiger partial charge in [0.05, 0.1) is 7.11 Å². The molecule has 0 heterocycles. The Morgan fingerprint density at radius 1 is 1.05 bits per heavy atom. The largest absolute Gasteiger partial charge is 0.508 e. The number of phenolic OH excluding ortho intramolecular Hbond substituents is 1. The van der Waals surface area contributed by atoms with Crippen LogP contribution in [0, 0.1) is 0 Å². The quantitative estimate of drug-likeness (QED) is 0.839. The fraction of sp³-hybridized carbons (Fsp3) is 0.294. The first-order chi connectivity index (χ1) is 9.67. The summed E-state index contributed by atoms with van der Waals surface area (Å²) in [6.07, 6.45) is 2.03. The number of hydrogen-bond acceptors (Lipinski definition) is 3. The molecule has 2 N–H and O–H groups in total. The molecule has 2 aromatic rings. The number of methoxy groups -OCH3 is 1. The van der Waals surface area contributed by atoms with Crippen molar-refractivity contribution in [1.29, 1.82) is 0 Å². The van der Waals surface area contributed by atoms with Crippen LogP contribution in [0.4, 0.5) is 5.69 Å². The highest BCUT2D eigenvalue weighted by atomic mass is 16.5. The van der Waals surface area contributed by atoms with E-state index in [1.54, 1.807) is 19.2 Å². The summed E-state index contributed by atoms with van der Waals surface area (Å²) in [6.45, 7) is 2.17. The zero-order chi connectivity index (χ0) is 14.4. The summed E-state index contributed by atoms with van der Waals surface area (Å²) in [4.78, 5) is 0. The van der Waals surface area contributed by atoms with Crippen LogP contribution in [0.5, 0.6) is 11.5 Å². The summed E-state index contributed by atoms with van der Waals surface area (Å²) in [5.41, 5.74) is 2.34. The Morgan fingerprint density at radius 2 is 1.70 bits per heavy atom. The average molecular weight is 271 g/mol. The number of benzene rings is 2. The van der Waals surface area contributed by atoms with Crippen LogP contribution in [0.25, 0.3) is 0 Å². The number of anilines is 1. The second-order valence-electron chi connectivity index (χ2n) is 4.98. The van der Waals surface area contributed by atoms with Crippen molar-refractivity contribution in [3.63, 3.8) is 0 Å². The third-order valence-electron chi connectivity index (χ3n) is 3.31. The Labute approximate surface area is 120 Å². The Kier molecular flexibility index (Phi) is 4.88. The lowest BCUT2D eigenvalue weighted by Crippen LogP contribution is -2.15. The van der Waals surface area contributed by atoms with Crippen molar-refractivity contribution in [2.75, 3.05) is 12.4 Å². The number of hydrogen-bond donors (Lipinski definition) is 2. The van der Waals surface area contributed by atoms with Gasteiger partial charge in [0.15, 0.2) is 0 Å². The molecule has 0 saturated heterocycles. The van der Waals surface area contributed by atoms with Crippen LogP contribution < -0.4 is 10.1 Å². The van der Waals surface area contributed by atoms with Crippen LogP contribution in [-0.2, 0) is 6.42 Å². The molecule has 2 aromatic carbocycles. The van der Waals surface area contributed by atoms with Gasteiger partial charge in [-0.1, -0.05) is 12.1 Å². The molecule has 1 unspecified atom stereocenters. The molecule has 0 aliphatic rings. The highest BCUT2D eigenvalue weighted by Gasteiger charge is 2.03. The van der Waals surface area contributed by atoms with Gasteiger partial charge in [-0.3, -0.25) is 0 Å². The summed E-state index contributed by atoms with van der Waals surface area (Å²) < 4.78 is 5.14. The van der Waals surface area contributed by atoms with E-state index in [9.17, 15) is 5.11 Å². The molecule has 0 aromatic heterocycles. The molecule has 0 spiro atoms. The Morgan fingerprint density at radius 3 is 2.30 bits per heavy atom. The minimum atomic E-state index is 0.318. The molecule has 0 aliphatic heterocycles. The number of phenols is 1. The molecular weight excluding hydrogens is 250 g/mol. The molecule has 0 bridgehead atoms. The molecule has 0 saturated carbocycles. The minimum absolute atomic E-state index is 0.318. The van der Waals surface area contributed by atoms with E-state index in [2.05, 4.69) is 12.2 Å². The van der Waals surface area contributed by atoms with Crippen LogP contribution >= 0.6 is 0 Å². The van der Waals surface area contributed by atoms with Gasteiger partial charge in [0.25, 0.3) is 0 Å². The third kappa shape index (κ3) is 4.19. The van der Waals surface area contributed by atoms with Gasteiger partial charge in [-0.2, -0.15) is 0 Å². The van der Waals surface area contributed by atoms with Crippen LogP contribution in [-0.4, -0.2) is 18.3 Å². The lowest BCUT2D eigenvalue weighted by Gasteiger charge is -2.15. The van der Waals surface area contributed by atoms with Crippen molar-refractivity contribution in [3.05, 3.63) is 54.1 Å². The van der Waals surface area contributed by atoms with E-state index in [4.69, 9.17) is 4.74 Å². The molecule has 1 atom stereocenters. The summed E-state index contributed by atoms with van der Waals surface area (Å²) in [6, 6.07) is 15.7. The van der Waals surface area contributed by atoms with Crippen molar-refractivity contribution in [2.24, 2.45) is 0 Å². The monoisotopic (exact) mass is 271 g/mol. The lowest BCUT2D eigenvalue weighted by atomic mass is 10.1. The normalized spacial score (nSPS) is 11.9. The van der Waals surface area contributed by atoms with Gasteiger partial charge in [-0.15, -0.1) is 0 Å². The summed E-state index contributed by atoms with van der Waals surface area (Å²) in [7, 11) is 1.67. The minimum Gasteiger partial charge on any atom is -0.508 e. The number of nitrogens with one attached hydrogen (secondary N) is 1. The molecule has 106 valence electrons. The first-order valence-corrected chi connectivity index (χ1v) is 6.86. The highest BCUT2D eigenvalue weighted by molar-refractivity contribution is 5.46. The van der Waals surface area contributed by atoms with Crippen LogP contribution in [0.2, 0.25) is 0 Å². The predicted octanol–water partition coefficient (Wildman–Crippen LogP) is 3.83. The standard InChI is InChI=1S/C17H21NO2/c1-13(3-4-14-5-9-16(19)10-6-14)18-15-7-11-17(20-2)12-8-15/h5-13,18-19H,3-4H2,1-2H3. The molecule has 3 heteroatoms. The maximum absolute atomic E-state index is 9.25. The van der Waals surface area contributed by atoms with E-state index in [-0.39, 0.29) is 0 Å². The zero-order valence-corrected chi connectivity index (χ0v) is 12.0. The number of aryl methyl sites for hydroxylation is 1. The molecule has 3 nitrogen and oxygen atoms in total. The fourth-order valence-corrected chi connectivity index (χ4v) is 2.09. The van der Waals surface area contributed by atoms with Gasteiger partial charge in [-0.05, 0) is 61.7 Å². The Balaban J connectivity index is 1.82. The highest BCUT2D eigenvalue weighted by Crippen LogP contribution is 2.17. The SMILES string of the molecule is COc1ccc(NC(C)CCc2ccc(O)cc2)cc1. The van der Waals surface area contributed by atoms with E-state index in [0.29, 0.717) is 11.8 Å². The van der Waals surface area contributed by atoms with Crippen molar-refractivity contribution >= 4 is 5.69 Å². The van der Waals surface area contributed by atoms with Crippen LogP contribution in [0.15, 0.2) is 48.5 Å². The van der Waals surface area contributed by atoms with Gasteiger partial charge in [0, 0.05) is 11.7 Å². The van der Waals surface area contributed by atoms with E-state index < -0.39 is 0 Å². The van der Waals surface area contributed by atoms with Gasteiger partial charge in [0.1, 0.15) is 11.5 Å². The molecule has 0 amide bonds. The van der Waals surface area contributed by atoms with E-state index in [1.807, 2.05) is 36.4 Å². The molecule has 20 heavy (non-hydrogen) atoms. The van der Waals surface area contributed by atoms with Crippen LogP contribution in [0.1, 0.15) is 18.9 Å². The van der Waals surface area contributed by atoms with Gasteiger partial charge in [0.2, 0.25) is 0 Å². The third-order valence-corrected chi connectivity index (χ3v) is 3.31. The number of aromatic hydroxyl groups is 1. The molecule has 0 aliphatic carbocycles. The molecular formula is C17H21NO2. The second kappa shape index (κ2) is 6.85. The summed E-state index contributed by atoms with van der Waals surface area (Å²) in [5, 5.41) is 12.7. The van der Waals surface area contributed by atoms with Crippen molar-refractivity contribution in [1.82, 2.24) is 0 Å². The molecule has 0 radical (unpaired) electrons. The predicted molar refractivity (Wildman–Crippen MR) is 82.5 cm³/mol. The first-order valence-electron chi connectivity index (χ1n) is 6.86. The first kappa shape index (κ1) is 14.3. The Hall–Kier alpha value is -2.16. The number of ether oxygens (including phenoxy) is 1. The van der Waals surface area contributed by atoms with E-state index in [1.165, 1.54) is 5.56 Å². The maximum atomic E-state index is 9.25. The van der Waals surface area contributed by atoms with Crippen molar-refractivity contribution in [2.45, 2.75) is 25.8 Å². The summed E-state index contributed by atoms with van der Waals surface area (Å²) >= 11 is 0. The second-order valence-corrected chi connectivity index (χ2v) is 4.98. The summed E-state index contributed by atoms with van der Waals surface area (Å²) in [5.74, 6) is 1.19. The van der Waals surface area contributed by atoms with Gasteiger partial charge < -0.3 is 15.2 Å². The van der Waals surface area contributed by atoms with Crippen molar-refractivity contribution < 1.29 is 9.84 Å². The van der Waals surface area contributed by atoms with Gasteiger partial charge >= 0.3 is 0 Å².